The first kappa shape index (κ1) is 22.4. The molecule has 0 aliphatic rings. The van der Waals surface area contributed by atoms with E-state index < -0.39 is 0 Å². The predicted molar refractivity (Wildman–Crippen MR) is 127 cm³/mol. The summed E-state index contributed by atoms with van der Waals surface area (Å²) >= 11 is 3.67. The van der Waals surface area contributed by atoms with Gasteiger partial charge in [-0.05, 0) is 58.1 Å². The second kappa shape index (κ2) is 11.2. The topological polar surface area (TPSA) is 30.5 Å². The van der Waals surface area contributed by atoms with E-state index in [0.717, 1.165) is 46.5 Å². The molecule has 1 unspecified atom stereocenters. The third kappa shape index (κ3) is 6.10. The number of hydrogen-bond acceptors (Lipinski definition) is 3. The standard InChI is InChI=1S/C26H30BrNO2/c1-4-8-24(22-9-6-5-7-10-22)28-17-21-15-23(27)26(25(16-21)29-3)30-18-20-13-11-19(2)12-14-20/h5-7,9-16,24,28H,4,8,17-18H2,1-3H3. The van der Waals surface area contributed by atoms with Crippen molar-refractivity contribution in [3.05, 3.63) is 93.5 Å². The average Bonchev–Trinajstić information content (AvgIpc) is 2.77. The fourth-order valence-corrected chi connectivity index (χ4v) is 4.06. The van der Waals surface area contributed by atoms with E-state index in [0.29, 0.717) is 12.6 Å². The van der Waals surface area contributed by atoms with Crippen molar-refractivity contribution in [1.29, 1.82) is 0 Å². The van der Waals surface area contributed by atoms with Crippen molar-refractivity contribution in [3.63, 3.8) is 0 Å². The summed E-state index contributed by atoms with van der Waals surface area (Å²) < 4.78 is 12.6. The van der Waals surface area contributed by atoms with Crippen molar-refractivity contribution in [2.75, 3.05) is 7.11 Å². The summed E-state index contributed by atoms with van der Waals surface area (Å²) in [4.78, 5) is 0. The summed E-state index contributed by atoms with van der Waals surface area (Å²) in [5.41, 5.74) is 4.85. The number of methoxy groups -OCH3 is 1. The van der Waals surface area contributed by atoms with Crippen LogP contribution in [0.4, 0.5) is 0 Å². The molecule has 0 bridgehead atoms. The largest absolute Gasteiger partial charge is 0.493 e. The molecule has 1 N–H and O–H groups in total. The molecule has 4 heteroatoms. The molecule has 0 radical (unpaired) electrons. The molecule has 0 saturated carbocycles. The van der Waals surface area contributed by atoms with Gasteiger partial charge in [0.05, 0.1) is 11.6 Å². The lowest BCUT2D eigenvalue weighted by Crippen LogP contribution is -2.20. The van der Waals surface area contributed by atoms with Crippen LogP contribution in [0.2, 0.25) is 0 Å². The van der Waals surface area contributed by atoms with E-state index in [1.807, 2.05) is 0 Å². The van der Waals surface area contributed by atoms with E-state index in [2.05, 4.69) is 102 Å². The van der Waals surface area contributed by atoms with Crippen LogP contribution in [0.25, 0.3) is 0 Å². The van der Waals surface area contributed by atoms with Gasteiger partial charge in [0.2, 0.25) is 0 Å². The Morgan fingerprint density at radius 1 is 0.967 bits per heavy atom. The van der Waals surface area contributed by atoms with E-state index in [1.165, 1.54) is 11.1 Å². The van der Waals surface area contributed by atoms with Gasteiger partial charge in [-0.2, -0.15) is 0 Å². The van der Waals surface area contributed by atoms with Gasteiger partial charge >= 0.3 is 0 Å². The minimum atomic E-state index is 0.332. The summed E-state index contributed by atoms with van der Waals surface area (Å²) in [6.07, 6.45) is 2.23. The van der Waals surface area contributed by atoms with Crippen LogP contribution in [0.3, 0.4) is 0 Å². The molecule has 30 heavy (non-hydrogen) atoms. The maximum absolute atomic E-state index is 6.08. The second-order valence-corrected chi connectivity index (χ2v) is 8.37. The van der Waals surface area contributed by atoms with Crippen LogP contribution in [0.1, 0.15) is 48.1 Å². The Morgan fingerprint density at radius 3 is 2.37 bits per heavy atom. The quantitative estimate of drug-likeness (QED) is 0.348. The van der Waals surface area contributed by atoms with Crippen molar-refractivity contribution in [3.8, 4) is 11.5 Å². The van der Waals surface area contributed by atoms with E-state index in [4.69, 9.17) is 9.47 Å². The van der Waals surface area contributed by atoms with Gasteiger partial charge in [-0.15, -0.1) is 0 Å². The van der Waals surface area contributed by atoms with Gasteiger partial charge in [-0.3, -0.25) is 0 Å². The molecule has 0 aliphatic carbocycles. The lowest BCUT2D eigenvalue weighted by molar-refractivity contribution is 0.282. The van der Waals surface area contributed by atoms with Crippen molar-refractivity contribution in [1.82, 2.24) is 5.32 Å². The third-order valence-corrected chi connectivity index (χ3v) is 5.71. The number of nitrogens with one attached hydrogen (secondary N) is 1. The van der Waals surface area contributed by atoms with Gasteiger partial charge in [0.25, 0.3) is 0 Å². The van der Waals surface area contributed by atoms with Crippen LogP contribution in [0.5, 0.6) is 11.5 Å². The first-order chi connectivity index (χ1) is 14.6. The minimum Gasteiger partial charge on any atom is -0.493 e. The molecule has 3 rings (SSSR count). The summed E-state index contributed by atoms with van der Waals surface area (Å²) in [7, 11) is 1.68. The molecule has 3 nitrogen and oxygen atoms in total. The van der Waals surface area contributed by atoms with Gasteiger partial charge in [-0.1, -0.05) is 73.5 Å². The molecular weight excluding hydrogens is 438 g/mol. The Morgan fingerprint density at radius 2 is 1.70 bits per heavy atom. The van der Waals surface area contributed by atoms with E-state index in [9.17, 15) is 0 Å². The monoisotopic (exact) mass is 467 g/mol. The third-order valence-electron chi connectivity index (χ3n) is 5.12. The lowest BCUT2D eigenvalue weighted by atomic mass is 10.0. The molecule has 0 spiro atoms. The first-order valence-corrected chi connectivity index (χ1v) is 11.2. The Labute approximate surface area is 188 Å². The fourth-order valence-electron chi connectivity index (χ4n) is 3.46. The zero-order valence-corrected chi connectivity index (χ0v) is 19.5. The molecule has 0 amide bonds. The Hall–Kier alpha value is -2.30. The van der Waals surface area contributed by atoms with Crippen molar-refractivity contribution >= 4 is 15.9 Å². The maximum Gasteiger partial charge on any atom is 0.175 e. The van der Waals surface area contributed by atoms with Crippen molar-refractivity contribution < 1.29 is 9.47 Å². The molecule has 0 saturated heterocycles. The molecule has 3 aromatic carbocycles. The summed E-state index contributed by atoms with van der Waals surface area (Å²) in [5, 5.41) is 3.70. The molecule has 0 aromatic heterocycles. The smallest absolute Gasteiger partial charge is 0.175 e. The Bertz CT molecular complexity index is 926. The molecular formula is C26H30BrNO2. The normalized spacial score (nSPS) is 11.9. The van der Waals surface area contributed by atoms with Crippen LogP contribution < -0.4 is 14.8 Å². The van der Waals surface area contributed by atoms with E-state index in [-0.39, 0.29) is 0 Å². The Balaban J connectivity index is 1.70. The highest BCUT2D eigenvalue weighted by atomic mass is 79.9. The number of benzene rings is 3. The molecule has 158 valence electrons. The molecule has 3 aromatic rings. The van der Waals surface area contributed by atoms with Crippen molar-refractivity contribution in [2.24, 2.45) is 0 Å². The average molecular weight is 468 g/mol. The first-order valence-electron chi connectivity index (χ1n) is 10.4. The SMILES string of the molecule is CCCC(NCc1cc(Br)c(OCc2ccc(C)cc2)c(OC)c1)c1ccccc1. The number of ether oxygens (including phenoxy) is 2. The van der Waals surface area contributed by atoms with Crippen LogP contribution in [-0.2, 0) is 13.2 Å². The van der Waals surface area contributed by atoms with Gasteiger partial charge in [0.1, 0.15) is 6.61 Å². The zero-order chi connectivity index (χ0) is 21.3. The molecule has 0 fully saturated rings. The van der Waals surface area contributed by atoms with Crippen LogP contribution >= 0.6 is 15.9 Å². The Kier molecular flexibility index (Phi) is 8.35. The van der Waals surface area contributed by atoms with Gasteiger partial charge < -0.3 is 14.8 Å². The summed E-state index contributed by atoms with van der Waals surface area (Å²) in [6, 6.07) is 23.5. The minimum absolute atomic E-state index is 0.332. The van der Waals surface area contributed by atoms with Gasteiger partial charge in [0, 0.05) is 12.6 Å². The van der Waals surface area contributed by atoms with Crippen LogP contribution in [-0.4, -0.2) is 7.11 Å². The lowest BCUT2D eigenvalue weighted by Gasteiger charge is -2.20. The second-order valence-electron chi connectivity index (χ2n) is 7.52. The zero-order valence-electron chi connectivity index (χ0n) is 18.0. The summed E-state index contributed by atoms with van der Waals surface area (Å²) in [5.74, 6) is 1.47. The number of aryl methyl sites for hydroxylation is 1. The molecule has 0 aliphatic heterocycles. The highest BCUT2D eigenvalue weighted by Gasteiger charge is 2.14. The number of hydrogen-bond donors (Lipinski definition) is 1. The van der Waals surface area contributed by atoms with Crippen molar-refractivity contribution in [2.45, 2.75) is 45.9 Å². The maximum atomic E-state index is 6.08. The van der Waals surface area contributed by atoms with Crippen LogP contribution in [0.15, 0.2) is 71.2 Å². The van der Waals surface area contributed by atoms with Crippen LogP contribution in [0, 0.1) is 6.92 Å². The van der Waals surface area contributed by atoms with E-state index in [1.54, 1.807) is 7.11 Å². The number of halogens is 1. The highest BCUT2D eigenvalue weighted by Crippen LogP contribution is 2.37. The number of rotatable bonds is 10. The van der Waals surface area contributed by atoms with E-state index >= 15 is 0 Å². The predicted octanol–water partition coefficient (Wildman–Crippen LogP) is 6.98. The molecule has 1 atom stereocenters. The molecule has 0 heterocycles. The highest BCUT2D eigenvalue weighted by molar-refractivity contribution is 9.10. The van der Waals surface area contributed by atoms with Gasteiger partial charge in [-0.25, -0.2) is 0 Å². The van der Waals surface area contributed by atoms with Gasteiger partial charge in [0.15, 0.2) is 11.5 Å². The fraction of sp³-hybridized carbons (Fsp3) is 0.308. The summed E-state index contributed by atoms with van der Waals surface area (Å²) in [6.45, 7) is 5.56.